The van der Waals surface area contributed by atoms with Gasteiger partial charge in [0.2, 0.25) is 5.91 Å². The maximum atomic E-state index is 13.0. The van der Waals surface area contributed by atoms with Crippen LogP contribution in [0.5, 0.6) is 0 Å². The summed E-state index contributed by atoms with van der Waals surface area (Å²) in [5.74, 6) is -0.877. The normalized spacial score (nSPS) is 15.1. The van der Waals surface area contributed by atoms with E-state index in [0.29, 0.717) is 11.5 Å². The highest BCUT2D eigenvalue weighted by Gasteiger charge is 2.40. The Morgan fingerprint density at radius 3 is 2.32 bits per heavy atom. The van der Waals surface area contributed by atoms with Gasteiger partial charge in [-0.3, -0.25) is 25.2 Å². The standard InChI is InChI=1S/C30H31N3O5/c1-19(2)21-8-10-22(11-9-21)28(35)31-32-29(36)30(37)13-15-33(16-14-30)27(34)18-20-7-12-26-24(17-20)23-5-3-4-6-25(23)38-26/h3-12,17,19,37H,13-16,18H2,1-2H3,(H,31,35)(H,32,36). The number of benzene rings is 3. The summed E-state index contributed by atoms with van der Waals surface area (Å²) < 4.78 is 5.86. The zero-order chi connectivity index (χ0) is 26.9. The Morgan fingerprint density at radius 2 is 1.61 bits per heavy atom. The largest absolute Gasteiger partial charge is 0.456 e. The van der Waals surface area contributed by atoms with E-state index in [2.05, 4.69) is 24.7 Å². The van der Waals surface area contributed by atoms with Gasteiger partial charge in [0, 0.05) is 42.3 Å². The van der Waals surface area contributed by atoms with Crippen LogP contribution in [0.4, 0.5) is 0 Å². The van der Waals surface area contributed by atoms with Crippen LogP contribution in [-0.4, -0.2) is 46.4 Å². The lowest BCUT2D eigenvalue weighted by Crippen LogP contribution is -2.58. The second-order valence-electron chi connectivity index (χ2n) is 10.2. The number of piperidine rings is 1. The number of amides is 3. The molecule has 8 nitrogen and oxygen atoms in total. The monoisotopic (exact) mass is 513 g/mol. The topological polar surface area (TPSA) is 112 Å². The Morgan fingerprint density at radius 1 is 0.921 bits per heavy atom. The molecule has 0 aliphatic carbocycles. The van der Waals surface area contributed by atoms with E-state index < -0.39 is 17.4 Å². The molecule has 0 radical (unpaired) electrons. The number of carbonyl (C=O) groups is 3. The molecule has 1 aromatic heterocycles. The molecule has 0 atom stereocenters. The van der Waals surface area contributed by atoms with Crippen molar-refractivity contribution in [1.29, 1.82) is 0 Å². The molecule has 5 rings (SSSR count). The van der Waals surface area contributed by atoms with E-state index in [9.17, 15) is 19.5 Å². The molecule has 1 fully saturated rings. The summed E-state index contributed by atoms with van der Waals surface area (Å²) in [6.07, 6.45) is 0.371. The fraction of sp³-hybridized carbons (Fsp3) is 0.300. The first-order valence-electron chi connectivity index (χ1n) is 12.8. The van der Waals surface area contributed by atoms with Gasteiger partial charge in [-0.25, -0.2) is 0 Å². The van der Waals surface area contributed by atoms with Crippen LogP contribution in [0.3, 0.4) is 0 Å². The third kappa shape index (κ3) is 5.13. The number of rotatable bonds is 5. The van der Waals surface area contributed by atoms with Gasteiger partial charge in [0.05, 0.1) is 6.42 Å². The minimum Gasteiger partial charge on any atom is -0.456 e. The van der Waals surface area contributed by atoms with Crippen molar-refractivity contribution in [2.75, 3.05) is 13.1 Å². The molecule has 196 valence electrons. The van der Waals surface area contributed by atoms with Gasteiger partial charge >= 0.3 is 0 Å². The molecule has 0 saturated carbocycles. The van der Waals surface area contributed by atoms with Crippen molar-refractivity contribution in [2.24, 2.45) is 0 Å². The third-order valence-corrected chi connectivity index (χ3v) is 7.29. The Labute approximate surface area is 220 Å². The Bertz CT molecular complexity index is 1500. The summed E-state index contributed by atoms with van der Waals surface area (Å²) in [6, 6.07) is 20.7. The molecule has 8 heteroatoms. The number of nitrogens with one attached hydrogen (secondary N) is 2. The first-order chi connectivity index (χ1) is 18.2. The van der Waals surface area contributed by atoms with Crippen molar-refractivity contribution in [3.63, 3.8) is 0 Å². The van der Waals surface area contributed by atoms with Crippen LogP contribution < -0.4 is 10.9 Å². The molecule has 38 heavy (non-hydrogen) atoms. The average Bonchev–Trinajstić information content (AvgIpc) is 3.30. The lowest BCUT2D eigenvalue weighted by atomic mass is 9.90. The lowest BCUT2D eigenvalue weighted by molar-refractivity contribution is -0.149. The summed E-state index contributed by atoms with van der Waals surface area (Å²) in [5, 5.41) is 12.9. The minimum absolute atomic E-state index is 0.0715. The van der Waals surface area contributed by atoms with Crippen LogP contribution in [0, 0.1) is 0 Å². The van der Waals surface area contributed by atoms with E-state index in [1.54, 1.807) is 17.0 Å². The minimum atomic E-state index is -1.67. The molecule has 3 N–H and O–H groups in total. The van der Waals surface area contributed by atoms with E-state index >= 15 is 0 Å². The fourth-order valence-corrected chi connectivity index (χ4v) is 4.84. The maximum Gasteiger partial charge on any atom is 0.270 e. The van der Waals surface area contributed by atoms with E-state index in [-0.39, 0.29) is 38.3 Å². The molecule has 0 unspecified atom stereocenters. The van der Waals surface area contributed by atoms with Crippen molar-refractivity contribution in [3.05, 3.63) is 83.4 Å². The zero-order valence-electron chi connectivity index (χ0n) is 21.5. The van der Waals surface area contributed by atoms with Crippen LogP contribution in [0.2, 0.25) is 0 Å². The Kier molecular flexibility index (Phi) is 6.91. The van der Waals surface area contributed by atoms with Crippen molar-refractivity contribution < 1.29 is 23.9 Å². The number of furan rings is 1. The van der Waals surface area contributed by atoms with Crippen molar-refractivity contribution >= 4 is 39.7 Å². The number of hydrogen-bond acceptors (Lipinski definition) is 5. The highest BCUT2D eigenvalue weighted by atomic mass is 16.3. The number of likely N-dealkylation sites (tertiary alicyclic amines) is 1. The van der Waals surface area contributed by atoms with E-state index in [1.165, 1.54) is 0 Å². The van der Waals surface area contributed by atoms with Gasteiger partial charge in [-0.2, -0.15) is 0 Å². The SMILES string of the molecule is CC(C)c1ccc(C(=O)NNC(=O)C2(O)CCN(C(=O)Cc3ccc4oc5ccccc5c4c3)CC2)cc1. The Balaban J connectivity index is 1.15. The molecule has 2 heterocycles. The highest BCUT2D eigenvalue weighted by molar-refractivity contribution is 6.05. The molecular formula is C30H31N3O5. The molecule has 0 bridgehead atoms. The predicted octanol–water partition coefficient (Wildman–Crippen LogP) is 4.07. The van der Waals surface area contributed by atoms with E-state index in [1.807, 2.05) is 54.6 Å². The van der Waals surface area contributed by atoms with Crippen LogP contribution in [-0.2, 0) is 16.0 Å². The number of hydrazine groups is 1. The second kappa shape index (κ2) is 10.3. The lowest BCUT2D eigenvalue weighted by Gasteiger charge is -2.37. The van der Waals surface area contributed by atoms with Gasteiger partial charge in [0.1, 0.15) is 16.8 Å². The molecule has 1 saturated heterocycles. The first kappa shape index (κ1) is 25.5. The van der Waals surface area contributed by atoms with Gasteiger partial charge in [0.25, 0.3) is 11.8 Å². The predicted molar refractivity (Wildman–Crippen MR) is 144 cm³/mol. The van der Waals surface area contributed by atoms with Crippen LogP contribution >= 0.6 is 0 Å². The quantitative estimate of drug-likeness (QED) is 0.349. The second-order valence-corrected chi connectivity index (χ2v) is 10.2. The molecule has 1 aliphatic heterocycles. The summed E-state index contributed by atoms with van der Waals surface area (Å²) >= 11 is 0. The van der Waals surface area contributed by atoms with Crippen LogP contribution in [0.1, 0.15) is 54.1 Å². The Hall–Kier alpha value is -4.17. The van der Waals surface area contributed by atoms with Crippen molar-refractivity contribution in [2.45, 2.75) is 44.6 Å². The first-order valence-corrected chi connectivity index (χ1v) is 12.8. The smallest absolute Gasteiger partial charge is 0.270 e. The van der Waals surface area contributed by atoms with Gasteiger partial charge in [0.15, 0.2) is 0 Å². The molecule has 1 aliphatic rings. The summed E-state index contributed by atoms with van der Waals surface area (Å²) in [5.41, 5.74) is 7.01. The molecule has 0 spiro atoms. The van der Waals surface area contributed by atoms with Gasteiger partial charge in [-0.05, 0) is 47.4 Å². The van der Waals surface area contributed by atoms with Gasteiger partial charge < -0.3 is 14.4 Å². The molecule has 4 aromatic rings. The van der Waals surface area contributed by atoms with E-state index in [0.717, 1.165) is 33.1 Å². The van der Waals surface area contributed by atoms with Gasteiger partial charge in [-0.15, -0.1) is 0 Å². The number of nitrogens with zero attached hydrogens (tertiary/aromatic N) is 1. The number of fused-ring (bicyclic) bond motifs is 3. The number of carbonyl (C=O) groups excluding carboxylic acids is 3. The third-order valence-electron chi connectivity index (χ3n) is 7.29. The number of hydrogen-bond donors (Lipinski definition) is 3. The summed E-state index contributed by atoms with van der Waals surface area (Å²) in [6.45, 7) is 4.61. The van der Waals surface area contributed by atoms with Crippen LogP contribution in [0.25, 0.3) is 21.9 Å². The zero-order valence-corrected chi connectivity index (χ0v) is 21.5. The summed E-state index contributed by atoms with van der Waals surface area (Å²) in [4.78, 5) is 39.7. The summed E-state index contributed by atoms with van der Waals surface area (Å²) in [7, 11) is 0. The fourth-order valence-electron chi connectivity index (χ4n) is 4.84. The molecule has 3 aromatic carbocycles. The van der Waals surface area contributed by atoms with Crippen LogP contribution in [0.15, 0.2) is 71.1 Å². The van der Waals surface area contributed by atoms with Gasteiger partial charge in [-0.1, -0.05) is 50.2 Å². The maximum absolute atomic E-state index is 13.0. The van der Waals surface area contributed by atoms with Crippen molar-refractivity contribution in [3.8, 4) is 0 Å². The average molecular weight is 514 g/mol. The number of para-hydroxylation sites is 1. The highest BCUT2D eigenvalue weighted by Crippen LogP contribution is 2.30. The molecular weight excluding hydrogens is 482 g/mol. The molecule has 3 amide bonds. The van der Waals surface area contributed by atoms with E-state index in [4.69, 9.17) is 4.42 Å². The number of aliphatic hydroxyl groups is 1. The van der Waals surface area contributed by atoms with Crippen molar-refractivity contribution in [1.82, 2.24) is 15.8 Å².